The molecule has 2 aromatic carbocycles. The van der Waals surface area contributed by atoms with Crippen LogP contribution in [0.2, 0.25) is 0 Å². The first-order valence-electron chi connectivity index (χ1n) is 8.43. The number of nitro groups is 2. The molecule has 0 bridgehead atoms. The molecule has 0 saturated carbocycles. The van der Waals surface area contributed by atoms with Crippen molar-refractivity contribution in [3.05, 3.63) is 78.3 Å². The highest BCUT2D eigenvalue weighted by molar-refractivity contribution is 9.10. The summed E-state index contributed by atoms with van der Waals surface area (Å²) >= 11 is 3.35. The Balaban J connectivity index is 0.000000271. The fraction of sp³-hybridized carbons (Fsp3) is 0.400. The van der Waals surface area contributed by atoms with Crippen molar-refractivity contribution < 1.29 is 9.85 Å². The Bertz CT molecular complexity index is 819. The van der Waals surface area contributed by atoms with E-state index in [0.717, 1.165) is 15.6 Å². The van der Waals surface area contributed by atoms with Crippen LogP contribution >= 0.6 is 15.9 Å². The molecule has 2 rings (SSSR count). The van der Waals surface area contributed by atoms with Crippen LogP contribution in [-0.4, -0.2) is 9.85 Å². The molecule has 0 unspecified atom stereocenters. The van der Waals surface area contributed by atoms with Crippen molar-refractivity contribution in [3.8, 4) is 0 Å². The van der Waals surface area contributed by atoms with E-state index in [1.165, 1.54) is 6.07 Å². The molecule has 27 heavy (non-hydrogen) atoms. The van der Waals surface area contributed by atoms with Crippen molar-refractivity contribution in [3.63, 3.8) is 0 Å². The van der Waals surface area contributed by atoms with Crippen molar-refractivity contribution in [2.24, 2.45) is 0 Å². The number of benzene rings is 2. The van der Waals surface area contributed by atoms with Crippen LogP contribution in [0.25, 0.3) is 0 Å². The van der Waals surface area contributed by atoms with Gasteiger partial charge < -0.3 is 0 Å². The Morgan fingerprint density at radius 2 is 1.19 bits per heavy atom. The van der Waals surface area contributed by atoms with Crippen molar-refractivity contribution in [2.45, 2.75) is 52.4 Å². The van der Waals surface area contributed by atoms with Crippen molar-refractivity contribution in [1.29, 1.82) is 0 Å². The Morgan fingerprint density at radius 1 is 0.741 bits per heavy atom. The number of hydrogen-bond acceptors (Lipinski definition) is 4. The van der Waals surface area contributed by atoms with Gasteiger partial charge in [-0.2, -0.15) is 0 Å². The Labute approximate surface area is 168 Å². The van der Waals surface area contributed by atoms with Gasteiger partial charge in [-0.05, 0) is 22.0 Å². The summed E-state index contributed by atoms with van der Waals surface area (Å²) in [4.78, 5) is 20.1. The topological polar surface area (TPSA) is 86.3 Å². The summed E-state index contributed by atoms with van der Waals surface area (Å²) in [5, 5.41) is 20.9. The molecule has 0 N–H and O–H groups in total. The molecule has 0 aliphatic rings. The fourth-order valence-electron chi connectivity index (χ4n) is 2.31. The zero-order valence-corrected chi connectivity index (χ0v) is 18.0. The predicted octanol–water partition coefficient (Wildman–Crippen LogP) is 6.55. The number of halogens is 1. The van der Waals surface area contributed by atoms with Crippen molar-refractivity contribution in [2.75, 3.05) is 0 Å². The van der Waals surface area contributed by atoms with E-state index in [0.29, 0.717) is 0 Å². The van der Waals surface area contributed by atoms with E-state index in [2.05, 4.69) is 57.5 Å². The highest BCUT2D eigenvalue weighted by Crippen LogP contribution is 2.32. The molecule has 0 aliphatic carbocycles. The average Bonchev–Trinajstić information content (AvgIpc) is 2.53. The van der Waals surface area contributed by atoms with E-state index in [1.807, 2.05) is 0 Å². The monoisotopic (exact) mass is 436 g/mol. The molecule has 2 aromatic rings. The number of rotatable bonds is 2. The summed E-state index contributed by atoms with van der Waals surface area (Å²) in [6.45, 7) is 12.4. The van der Waals surface area contributed by atoms with E-state index < -0.39 is 4.92 Å². The summed E-state index contributed by atoms with van der Waals surface area (Å²) in [5.41, 5.74) is 2.49. The third kappa shape index (κ3) is 6.75. The highest BCUT2D eigenvalue weighted by Gasteiger charge is 2.19. The zero-order valence-electron chi connectivity index (χ0n) is 16.4. The van der Waals surface area contributed by atoms with E-state index in [9.17, 15) is 20.2 Å². The van der Waals surface area contributed by atoms with Gasteiger partial charge in [0.15, 0.2) is 0 Å². The van der Waals surface area contributed by atoms with Crippen LogP contribution < -0.4 is 0 Å². The van der Waals surface area contributed by atoms with Gasteiger partial charge in [-0.3, -0.25) is 20.2 Å². The number of nitrogens with zero attached hydrogens (tertiary/aromatic N) is 2. The van der Waals surface area contributed by atoms with E-state index in [1.54, 1.807) is 36.4 Å². The lowest BCUT2D eigenvalue weighted by Crippen LogP contribution is -2.11. The van der Waals surface area contributed by atoms with Gasteiger partial charge in [-0.25, -0.2) is 0 Å². The molecular formula is C20H25BrN2O4. The first-order valence-corrected chi connectivity index (χ1v) is 9.22. The second kappa shape index (κ2) is 8.61. The van der Waals surface area contributed by atoms with Gasteiger partial charge in [0.05, 0.1) is 9.85 Å². The lowest BCUT2D eigenvalue weighted by Gasteiger charge is -2.20. The van der Waals surface area contributed by atoms with Gasteiger partial charge in [-0.15, -0.1) is 0 Å². The quantitative estimate of drug-likeness (QED) is 0.394. The maximum atomic E-state index is 10.5. The number of non-ortho nitro benzene ring substituents is 2. The molecule has 0 spiro atoms. The zero-order chi connectivity index (χ0) is 21.0. The first kappa shape index (κ1) is 22.8. The minimum Gasteiger partial charge on any atom is -0.258 e. The van der Waals surface area contributed by atoms with Crippen LogP contribution in [0.15, 0.2) is 46.9 Å². The maximum absolute atomic E-state index is 10.5. The van der Waals surface area contributed by atoms with Gasteiger partial charge in [0.1, 0.15) is 0 Å². The first-order chi connectivity index (χ1) is 12.2. The third-order valence-electron chi connectivity index (χ3n) is 3.92. The highest BCUT2D eigenvalue weighted by atomic mass is 79.9. The van der Waals surface area contributed by atoms with Crippen LogP contribution in [0.5, 0.6) is 0 Å². The predicted molar refractivity (Wildman–Crippen MR) is 111 cm³/mol. The minimum absolute atomic E-state index is 0.00599. The fourth-order valence-corrected chi connectivity index (χ4v) is 3.27. The maximum Gasteiger partial charge on any atom is 0.270 e. The van der Waals surface area contributed by atoms with Crippen LogP contribution in [0, 0.1) is 20.2 Å². The smallest absolute Gasteiger partial charge is 0.258 e. The second-order valence-electron chi connectivity index (χ2n) is 8.23. The van der Waals surface area contributed by atoms with Crippen LogP contribution in [0.1, 0.15) is 52.7 Å². The Kier molecular flexibility index (Phi) is 7.25. The molecule has 0 fully saturated rings. The van der Waals surface area contributed by atoms with E-state index in [4.69, 9.17) is 0 Å². The summed E-state index contributed by atoms with van der Waals surface area (Å²) in [5.74, 6) is 0. The Morgan fingerprint density at radius 3 is 1.52 bits per heavy atom. The lowest BCUT2D eigenvalue weighted by atomic mass is 9.87. The molecular weight excluding hydrogens is 412 g/mol. The van der Waals surface area contributed by atoms with Crippen LogP contribution in [-0.2, 0) is 10.8 Å². The van der Waals surface area contributed by atoms with Crippen molar-refractivity contribution in [1.82, 2.24) is 0 Å². The summed E-state index contributed by atoms with van der Waals surface area (Å²) in [7, 11) is 0. The minimum atomic E-state index is -0.392. The number of hydrogen-bond donors (Lipinski definition) is 0. The standard InChI is InChI=1S/C10H12BrNO2.C10H13NO2/c1-10(2,3)8-5-4-7(12(13)14)6-9(8)11;1-10(2,3)8-4-6-9(7-5-8)11(12)13/h4-6H,1-3H3;4-7H,1-3H3. The molecule has 0 aliphatic heterocycles. The molecule has 6 nitrogen and oxygen atoms in total. The summed E-state index contributed by atoms with van der Waals surface area (Å²) in [6.07, 6.45) is 0. The normalized spacial score (nSPS) is 11.4. The molecule has 0 radical (unpaired) electrons. The summed E-state index contributed by atoms with van der Waals surface area (Å²) < 4.78 is 0.791. The lowest BCUT2D eigenvalue weighted by molar-refractivity contribution is -0.385. The van der Waals surface area contributed by atoms with Crippen LogP contribution in [0.4, 0.5) is 11.4 Å². The van der Waals surface area contributed by atoms with E-state index in [-0.39, 0.29) is 27.1 Å². The molecule has 0 amide bonds. The largest absolute Gasteiger partial charge is 0.270 e. The van der Waals surface area contributed by atoms with Gasteiger partial charge in [0.2, 0.25) is 0 Å². The van der Waals surface area contributed by atoms with Gasteiger partial charge in [0, 0.05) is 28.7 Å². The molecule has 7 heteroatoms. The van der Waals surface area contributed by atoms with Crippen LogP contribution in [0.3, 0.4) is 0 Å². The third-order valence-corrected chi connectivity index (χ3v) is 4.57. The van der Waals surface area contributed by atoms with Gasteiger partial charge >= 0.3 is 0 Å². The van der Waals surface area contributed by atoms with E-state index >= 15 is 0 Å². The molecule has 146 valence electrons. The van der Waals surface area contributed by atoms with Gasteiger partial charge in [0.25, 0.3) is 11.4 Å². The molecule has 0 aromatic heterocycles. The average molecular weight is 437 g/mol. The number of nitro benzene ring substituents is 2. The SMILES string of the molecule is CC(C)(C)c1ccc([N+](=O)[O-])cc1.CC(C)(C)c1ccc([N+](=O)[O-])cc1Br. The molecule has 0 saturated heterocycles. The summed E-state index contributed by atoms with van der Waals surface area (Å²) in [6, 6.07) is 11.6. The molecule has 0 heterocycles. The Hall–Kier alpha value is -2.28. The van der Waals surface area contributed by atoms with Gasteiger partial charge in [-0.1, -0.05) is 75.7 Å². The second-order valence-corrected chi connectivity index (χ2v) is 9.08. The van der Waals surface area contributed by atoms with Crippen molar-refractivity contribution >= 4 is 27.3 Å². The molecule has 0 atom stereocenters.